The van der Waals surface area contributed by atoms with Crippen LogP contribution < -0.4 is 10.1 Å². The summed E-state index contributed by atoms with van der Waals surface area (Å²) in [6.07, 6.45) is -3.98. The number of carbonyl (C=O) groups excluding carboxylic acids is 1. The smallest absolute Gasteiger partial charge is 0.422 e. The van der Waals surface area contributed by atoms with Gasteiger partial charge in [0.25, 0.3) is 0 Å². The Morgan fingerprint density at radius 1 is 1.36 bits per heavy atom. The van der Waals surface area contributed by atoms with Gasteiger partial charge in [0, 0.05) is 18.8 Å². The van der Waals surface area contributed by atoms with Crippen LogP contribution in [0.3, 0.4) is 0 Å². The Kier molecular flexibility index (Phi) is 7.73. The van der Waals surface area contributed by atoms with Gasteiger partial charge in [0.1, 0.15) is 5.75 Å². The van der Waals surface area contributed by atoms with Crippen LogP contribution >= 0.6 is 11.8 Å². The molecule has 0 unspecified atom stereocenters. The predicted molar refractivity (Wildman–Crippen MR) is 98.3 cm³/mol. The number of hydrogen-bond donors (Lipinski definition) is 1. The molecule has 0 saturated heterocycles. The summed E-state index contributed by atoms with van der Waals surface area (Å²) in [6, 6.07) is 7.37. The van der Waals surface area contributed by atoms with Gasteiger partial charge in [-0.15, -0.1) is 16.8 Å². The molecule has 0 aliphatic carbocycles. The minimum atomic E-state index is -4.55. The zero-order chi connectivity index (χ0) is 20.6. The molecule has 1 N–H and O–H groups in total. The number of ether oxygens (including phenoxy) is 2. The fraction of sp³-hybridized carbons (Fsp3) is 0.353. The van der Waals surface area contributed by atoms with Gasteiger partial charge in [-0.05, 0) is 12.1 Å². The van der Waals surface area contributed by atoms with Gasteiger partial charge in [0.2, 0.25) is 0 Å². The maximum atomic E-state index is 12.0. The Morgan fingerprint density at radius 2 is 2.11 bits per heavy atom. The standard InChI is InChI=1S/C17H19F3N4O3S/c1-3-9-24-14(12-6-4-5-7-13(12)26-2)22-23-15(24)28-10-8-21-16(25)27-11-17(18,19)20/h3-7H,1,8-11H2,2H3,(H,21,25). The first kappa shape index (κ1) is 21.6. The van der Waals surface area contributed by atoms with Gasteiger partial charge in [-0.25, -0.2) is 4.79 Å². The number of alkyl carbamates (subject to hydrolysis) is 1. The summed E-state index contributed by atoms with van der Waals surface area (Å²) in [5.41, 5.74) is 0.764. The monoisotopic (exact) mass is 416 g/mol. The molecular formula is C17H19F3N4O3S. The van der Waals surface area contributed by atoms with Crippen molar-refractivity contribution >= 4 is 17.9 Å². The molecule has 1 amide bonds. The number of nitrogens with zero attached hydrogens (tertiary/aromatic N) is 3. The van der Waals surface area contributed by atoms with Crippen LogP contribution in [-0.4, -0.2) is 53.0 Å². The quantitative estimate of drug-likeness (QED) is 0.383. The molecule has 0 spiro atoms. The number of methoxy groups -OCH3 is 1. The van der Waals surface area contributed by atoms with Crippen molar-refractivity contribution in [1.82, 2.24) is 20.1 Å². The number of hydrogen-bond acceptors (Lipinski definition) is 6. The fourth-order valence-corrected chi connectivity index (χ4v) is 3.01. The summed E-state index contributed by atoms with van der Waals surface area (Å²) in [5.74, 6) is 1.60. The topological polar surface area (TPSA) is 78.3 Å². The van der Waals surface area contributed by atoms with E-state index in [-0.39, 0.29) is 6.54 Å². The van der Waals surface area contributed by atoms with Gasteiger partial charge in [0.15, 0.2) is 17.6 Å². The zero-order valence-corrected chi connectivity index (χ0v) is 15.8. The van der Waals surface area contributed by atoms with E-state index in [4.69, 9.17) is 4.74 Å². The number of halogens is 3. The van der Waals surface area contributed by atoms with E-state index < -0.39 is 18.9 Å². The first-order valence-electron chi connectivity index (χ1n) is 8.13. The molecular weight excluding hydrogens is 397 g/mol. The van der Waals surface area contributed by atoms with Crippen LogP contribution in [0.25, 0.3) is 11.4 Å². The Morgan fingerprint density at radius 3 is 2.79 bits per heavy atom. The van der Waals surface area contributed by atoms with Crippen molar-refractivity contribution in [2.24, 2.45) is 0 Å². The first-order valence-corrected chi connectivity index (χ1v) is 9.12. The number of rotatable bonds is 9. The highest BCUT2D eigenvalue weighted by Crippen LogP contribution is 2.30. The number of benzene rings is 1. The van der Waals surface area contributed by atoms with Gasteiger partial charge in [-0.1, -0.05) is 30.0 Å². The number of thioether (sulfide) groups is 1. The minimum Gasteiger partial charge on any atom is -0.496 e. The number of amides is 1. The van der Waals surface area contributed by atoms with E-state index in [9.17, 15) is 18.0 Å². The highest BCUT2D eigenvalue weighted by atomic mass is 32.2. The predicted octanol–water partition coefficient (Wildman–Crippen LogP) is 3.52. The van der Waals surface area contributed by atoms with Crippen molar-refractivity contribution in [1.29, 1.82) is 0 Å². The van der Waals surface area contributed by atoms with Crippen molar-refractivity contribution < 1.29 is 27.4 Å². The van der Waals surface area contributed by atoms with E-state index in [1.165, 1.54) is 11.8 Å². The van der Waals surface area contributed by atoms with Crippen molar-refractivity contribution in [2.75, 3.05) is 26.0 Å². The lowest BCUT2D eigenvalue weighted by Crippen LogP contribution is -2.30. The minimum absolute atomic E-state index is 0.103. The van der Waals surface area contributed by atoms with Crippen LogP contribution in [0.4, 0.5) is 18.0 Å². The number of para-hydroxylation sites is 1. The molecule has 0 fully saturated rings. The second-order valence-corrected chi connectivity index (χ2v) is 6.43. The Bertz CT molecular complexity index is 811. The maximum Gasteiger partial charge on any atom is 0.422 e. The molecule has 1 heterocycles. The van der Waals surface area contributed by atoms with Crippen LogP contribution in [0.1, 0.15) is 0 Å². The lowest BCUT2D eigenvalue weighted by Gasteiger charge is -2.11. The third-order valence-corrected chi connectivity index (χ3v) is 4.31. The SMILES string of the molecule is C=CCn1c(SCCNC(=O)OCC(F)(F)F)nnc1-c1ccccc1OC. The van der Waals surface area contributed by atoms with Crippen LogP contribution in [0, 0.1) is 0 Å². The molecule has 1 aromatic carbocycles. The highest BCUT2D eigenvalue weighted by molar-refractivity contribution is 7.99. The lowest BCUT2D eigenvalue weighted by molar-refractivity contribution is -0.160. The molecule has 0 aliphatic rings. The average molecular weight is 416 g/mol. The van der Waals surface area contributed by atoms with E-state index in [0.717, 1.165) is 5.56 Å². The summed E-state index contributed by atoms with van der Waals surface area (Å²) in [5, 5.41) is 11.2. The Hall–Kier alpha value is -2.69. The van der Waals surface area contributed by atoms with Gasteiger partial charge in [0.05, 0.1) is 12.7 Å². The van der Waals surface area contributed by atoms with Gasteiger partial charge in [-0.3, -0.25) is 4.57 Å². The van der Waals surface area contributed by atoms with Crippen LogP contribution in [0.15, 0.2) is 42.1 Å². The van der Waals surface area contributed by atoms with E-state index in [1.54, 1.807) is 13.2 Å². The Labute approximate surface area is 163 Å². The van der Waals surface area contributed by atoms with Crippen molar-refractivity contribution in [2.45, 2.75) is 17.9 Å². The molecule has 0 bridgehead atoms. The summed E-state index contributed by atoms with van der Waals surface area (Å²) in [4.78, 5) is 11.2. The van der Waals surface area contributed by atoms with Crippen LogP contribution in [0.2, 0.25) is 0 Å². The van der Waals surface area contributed by atoms with Gasteiger partial charge >= 0.3 is 12.3 Å². The third-order valence-electron chi connectivity index (χ3n) is 3.35. The van der Waals surface area contributed by atoms with E-state index in [0.29, 0.717) is 29.0 Å². The number of nitrogens with one attached hydrogen (secondary N) is 1. The van der Waals surface area contributed by atoms with E-state index in [2.05, 4.69) is 26.8 Å². The Balaban J connectivity index is 1.98. The lowest BCUT2D eigenvalue weighted by atomic mass is 10.2. The molecule has 11 heteroatoms. The molecule has 152 valence electrons. The highest BCUT2D eigenvalue weighted by Gasteiger charge is 2.29. The molecule has 7 nitrogen and oxygen atoms in total. The number of aromatic nitrogens is 3. The normalized spacial score (nSPS) is 11.1. The summed E-state index contributed by atoms with van der Waals surface area (Å²) < 4.78 is 47.2. The second-order valence-electron chi connectivity index (χ2n) is 5.37. The van der Waals surface area contributed by atoms with Gasteiger partial charge in [-0.2, -0.15) is 13.2 Å². The first-order chi connectivity index (χ1) is 13.4. The molecule has 2 rings (SSSR count). The molecule has 0 saturated carbocycles. The average Bonchev–Trinajstić information content (AvgIpc) is 3.05. The summed E-state index contributed by atoms with van der Waals surface area (Å²) >= 11 is 1.29. The van der Waals surface area contributed by atoms with Crippen LogP contribution in [-0.2, 0) is 11.3 Å². The molecule has 0 atom stereocenters. The maximum absolute atomic E-state index is 12.0. The third kappa shape index (κ3) is 6.19. The molecule has 1 aromatic heterocycles. The summed E-state index contributed by atoms with van der Waals surface area (Å²) in [7, 11) is 1.56. The van der Waals surface area contributed by atoms with E-state index >= 15 is 0 Å². The molecule has 28 heavy (non-hydrogen) atoms. The van der Waals surface area contributed by atoms with Crippen molar-refractivity contribution in [3.8, 4) is 17.1 Å². The van der Waals surface area contributed by atoms with Gasteiger partial charge < -0.3 is 14.8 Å². The second kappa shape index (κ2) is 10.0. The molecule has 0 aliphatic heterocycles. The van der Waals surface area contributed by atoms with Crippen LogP contribution in [0.5, 0.6) is 5.75 Å². The number of alkyl halides is 3. The number of allylic oxidation sites excluding steroid dienone is 1. The van der Waals surface area contributed by atoms with E-state index in [1.807, 2.05) is 28.8 Å². The number of carbonyl (C=O) groups is 1. The molecule has 0 radical (unpaired) electrons. The molecule has 2 aromatic rings. The summed E-state index contributed by atoms with van der Waals surface area (Å²) in [6.45, 7) is 2.66. The largest absolute Gasteiger partial charge is 0.496 e. The zero-order valence-electron chi connectivity index (χ0n) is 15.0. The van der Waals surface area contributed by atoms with Crippen molar-refractivity contribution in [3.05, 3.63) is 36.9 Å². The van der Waals surface area contributed by atoms with Crippen molar-refractivity contribution in [3.63, 3.8) is 0 Å². The fourth-order valence-electron chi connectivity index (χ4n) is 2.21.